The summed E-state index contributed by atoms with van der Waals surface area (Å²) in [6.45, 7) is 14.0. The molecule has 1 atom stereocenters. The van der Waals surface area contributed by atoms with Gasteiger partial charge in [0.15, 0.2) is 9.84 Å². The smallest absolute Gasteiger partial charge is 0.153 e. The summed E-state index contributed by atoms with van der Waals surface area (Å²) in [5.41, 5.74) is -0.123. The van der Waals surface area contributed by atoms with Crippen LogP contribution < -0.4 is 0 Å². The van der Waals surface area contributed by atoms with Gasteiger partial charge in [-0.15, -0.1) is 0 Å². The molecular formula is C12H26O2S. The van der Waals surface area contributed by atoms with E-state index in [4.69, 9.17) is 0 Å². The van der Waals surface area contributed by atoms with Crippen molar-refractivity contribution in [1.82, 2.24) is 0 Å². The minimum Gasteiger partial charge on any atom is -0.229 e. The highest BCUT2D eigenvalue weighted by Gasteiger charge is 2.37. The zero-order chi connectivity index (χ0) is 12.5. The van der Waals surface area contributed by atoms with Gasteiger partial charge in [0.2, 0.25) is 0 Å². The predicted octanol–water partition coefficient (Wildman–Crippen LogP) is 3.27. The van der Waals surface area contributed by atoms with Crippen LogP contribution in [0.5, 0.6) is 0 Å². The van der Waals surface area contributed by atoms with E-state index in [-0.39, 0.29) is 21.8 Å². The third-order valence-corrected chi connectivity index (χ3v) is 5.15. The molecule has 3 heteroatoms. The van der Waals surface area contributed by atoms with Crippen LogP contribution in [0.3, 0.4) is 0 Å². The first-order valence-corrected chi connectivity index (χ1v) is 7.33. The Balaban J connectivity index is 5.11. The molecule has 0 saturated heterocycles. The predicted molar refractivity (Wildman–Crippen MR) is 66.8 cm³/mol. The summed E-state index contributed by atoms with van der Waals surface area (Å²) in [4.78, 5) is 0. The highest BCUT2D eigenvalue weighted by molar-refractivity contribution is 7.92. The first kappa shape index (κ1) is 14.9. The Morgan fingerprint density at radius 3 is 1.60 bits per heavy atom. The quantitative estimate of drug-likeness (QED) is 0.751. The van der Waals surface area contributed by atoms with Gasteiger partial charge in [-0.1, -0.05) is 48.5 Å². The molecule has 92 valence electrons. The van der Waals surface area contributed by atoms with E-state index in [1.807, 2.05) is 20.8 Å². The molecule has 15 heavy (non-hydrogen) atoms. The van der Waals surface area contributed by atoms with Gasteiger partial charge in [0, 0.05) is 5.75 Å². The molecule has 0 rings (SSSR count). The zero-order valence-electron chi connectivity index (χ0n) is 11.2. The number of sulfone groups is 1. The summed E-state index contributed by atoms with van der Waals surface area (Å²) in [5, 5.41) is -0.241. The zero-order valence-corrected chi connectivity index (χ0v) is 12.0. The van der Waals surface area contributed by atoms with Gasteiger partial charge in [-0.2, -0.15) is 0 Å². The Labute approximate surface area is 95.4 Å². The van der Waals surface area contributed by atoms with Crippen molar-refractivity contribution in [1.29, 1.82) is 0 Å². The lowest BCUT2D eigenvalue weighted by Gasteiger charge is -2.34. The highest BCUT2D eigenvalue weighted by Crippen LogP contribution is 2.35. The molecule has 0 saturated carbocycles. The Hall–Kier alpha value is -0.0500. The molecule has 0 N–H and O–H groups in total. The average molecular weight is 234 g/mol. The second-order valence-corrected chi connectivity index (χ2v) is 9.04. The second kappa shape index (κ2) is 4.44. The van der Waals surface area contributed by atoms with E-state index in [0.29, 0.717) is 0 Å². The summed E-state index contributed by atoms with van der Waals surface area (Å²) in [7, 11) is -2.95. The standard InChI is InChI=1S/C12H26O2S/c1-8-15(13,14)10(12(5,6)7)9-11(2,3)4/h10H,8-9H2,1-7H3. The molecule has 0 aromatic rings. The average Bonchev–Trinajstić information content (AvgIpc) is 1.96. The van der Waals surface area contributed by atoms with Crippen molar-refractivity contribution in [3.8, 4) is 0 Å². The van der Waals surface area contributed by atoms with E-state index in [1.165, 1.54) is 0 Å². The Morgan fingerprint density at radius 2 is 1.40 bits per heavy atom. The SMILES string of the molecule is CCS(=O)(=O)C(CC(C)(C)C)C(C)(C)C. The molecule has 0 aromatic carbocycles. The van der Waals surface area contributed by atoms with Crippen LogP contribution in [0.2, 0.25) is 0 Å². The van der Waals surface area contributed by atoms with Crippen LogP contribution in [0.1, 0.15) is 54.9 Å². The molecule has 0 amide bonds. The van der Waals surface area contributed by atoms with E-state index in [1.54, 1.807) is 6.92 Å². The maximum absolute atomic E-state index is 12.0. The molecule has 1 unspecified atom stereocenters. The normalized spacial score (nSPS) is 16.5. The van der Waals surface area contributed by atoms with Crippen LogP contribution >= 0.6 is 0 Å². The molecule has 0 spiro atoms. The van der Waals surface area contributed by atoms with Crippen LogP contribution in [-0.4, -0.2) is 19.4 Å². The highest BCUT2D eigenvalue weighted by atomic mass is 32.2. The van der Waals surface area contributed by atoms with Gasteiger partial charge in [-0.3, -0.25) is 0 Å². The van der Waals surface area contributed by atoms with Crippen LogP contribution in [-0.2, 0) is 9.84 Å². The first-order valence-electron chi connectivity index (χ1n) is 5.62. The number of hydrogen-bond acceptors (Lipinski definition) is 2. The molecule has 2 nitrogen and oxygen atoms in total. The molecule has 0 aromatic heterocycles. The van der Waals surface area contributed by atoms with Crippen molar-refractivity contribution in [3.63, 3.8) is 0 Å². The summed E-state index contributed by atoms with van der Waals surface area (Å²) in [5.74, 6) is 0.241. The van der Waals surface area contributed by atoms with Gasteiger partial charge >= 0.3 is 0 Å². The maximum Gasteiger partial charge on any atom is 0.153 e. The maximum atomic E-state index is 12.0. The van der Waals surface area contributed by atoms with E-state index in [9.17, 15) is 8.42 Å². The van der Waals surface area contributed by atoms with Gasteiger partial charge < -0.3 is 0 Å². The lowest BCUT2D eigenvalue weighted by atomic mass is 9.81. The molecule has 0 aliphatic carbocycles. The van der Waals surface area contributed by atoms with Crippen LogP contribution in [0, 0.1) is 10.8 Å². The fraction of sp³-hybridized carbons (Fsp3) is 1.00. The fourth-order valence-corrected chi connectivity index (χ4v) is 3.96. The van der Waals surface area contributed by atoms with Gasteiger partial charge in [0.05, 0.1) is 5.25 Å². The lowest BCUT2D eigenvalue weighted by molar-refractivity contribution is 0.277. The van der Waals surface area contributed by atoms with E-state index >= 15 is 0 Å². The Bertz CT molecular complexity index is 289. The van der Waals surface area contributed by atoms with E-state index in [0.717, 1.165) is 6.42 Å². The Kier molecular flexibility index (Phi) is 4.43. The molecule has 0 aliphatic rings. The van der Waals surface area contributed by atoms with E-state index < -0.39 is 9.84 Å². The molecular weight excluding hydrogens is 208 g/mol. The molecule has 0 bridgehead atoms. The monoisotopic (exact) mass is 234 g/mol. The molecule has 0 fully saturated rings. The molecule has 0 heterocycles. The van der Waals surface area contributed by atoms with Crippen molar-refractivity contribution >= 4 is 9.84 Å². The van der Waals surface area contributed by atoms with Gasteiger partial charge in [-0.25, -0.2) is 8.42 Å². The summed E-state index contributed by atoms with van der Waals surface area (Å²) >= 11 is 0. The third-order valence-electron chi connectivity index (χ3n) is 2.60. The molecule has 0 aliphatic heterocycles. The second-order valence-electron chi connectivity index (χ2n) is 6.57. The summed E-state index contributed by atoms with van der Waals surface area (Å²) < 4.78 is 24.0. The van der Waals surface area contributed by atoms with Crippen molar-refractivity contribution in [3.05, 3.63) is 0 Å². The summed E-state index contributed by atoms with van der Waals surface area (Å²) in [6.07, 6.45) is 0.729. The minimum absolute atomic E-state index is 0.0557. The first-order chi connectivity index (χ1) is 6.40. The van der Waals surface area contributed by atoms with Gasteiger partial charge in [0.1, 0.15) is 0 Å². The lowest BCUT2D eigenvalue weighted by Crippen LogP contribution is -2.38. The van der Waals surface area contributed by atoms with Crippen LogP contribution in [0.15, 0.2) is 0 Å². The van der Waals surface area contributed by atoms with Crippen molar-refractivity contribution < 1.29 is 8.42 Å². The fourth-order valence-electron chi connectivity index (χ4n) is 1.73. The van der Waals surface area contributed by atoms with E-state index in [2.05, 4.69) is 20.8 Å². The van der Waals surface area contributed by atoms with Crippen molar-refractivity contribution in [2.24, 2.45) is 10.8 Å². The number of rotatable bonds is 3. The minimum atomic E-state index is -2.95. The van der Waals surface area contributed by atoms with Crippen LogP contribution in [0.25, 0.3) is 0 Å². The molecule has 0 radical (unpaired) electrons. The third kappa shape index (κ3) is 5.01. The number of hydrogen-bond donors (Lipinski definition) is 0. The largest absolute Gasteiger partial charge is 0.229 e. The van der Waals surface area contributed by atoms with Crippen LogP contribution in [0.4, 0.5) is 0 Å². The summed E-state index contributed by atoms with van der Waals surface area (Å²) in [6, 6.07) is 0. The van der Waals surface area contributed by atoms with Gasteiger partial charge in [-0.05, 0) is 17.3 Å². The topological polar surface area (TPSA) is 34.1 Å². The van der Waals surface area contributed by atoms with Crippen molar-refractivity contribution in [2.45, 2.75) is 60.1 Å². The van der Waals surface area contributed by atoms with Crippen molar-refractivity contribution in [2.75, 3.05) is 5.75 Å². The van der Waals surface area contributed by atoms with Gasteiger partial charge in [0.25, 0.3) is 0 Å². The Morgan fingerprint density at radius 1 is 1.00 bits per heavy atom.